The lowest BCUT2D eigenvalue weighted by Crippen LogP contribution is -2.53. The molecule has 1 saturated carbocycles. The molecule has 5 nitrogen and oxygen atoms in total. The lowest BCUT2D eigenvalue weighted by Gasteiger charge is -2.49. The summed E-state index contributed by atoms with van der Waals surface area (Å²) in [5.74, 6) is 2.53. The third-order valence-electron chi connectivity index (χ3n) is 6.95. The van der Waals surface area contributed by atoms with E-state index in [0.717, 1.165) is 30.9 Å². The minimum atomic E-state index is 0.280. The molecule has 0 spiro atoms. The molecule has 4 aliphatic rings. The van der Waals surface area contributed by atoms with Crippen LogP contribution in [0.4, 0.5) is 0 Å². The molecule has 0 radical (unpaired) electrons. The highest BCUT2D eigenvalue weighted by Crippen LogP contribution is 2.42. The van der Waals surface area contributed by atoms with E-state index in [2.05, 4.69) is 16.0 Å². The summed E-state index contributed by atoms with van der Waals surface area (Å²) in [5, 5.41) is 9.68. The Kier molecular flexibility index (Phi) is 4.66. The molecule has 4 fully saturated rings. The summed E-state index contributed by atoms with van der Waals surface area (Å²) in [5.41, 5.74) is 3.50. The predicted molar refractivity (Wildman–Crippen MR) is 104 cm³/mol. The van der Waals surface area contributed by atoms with Gasteiger partial charge in [-0.05, 0) is 56.3 Å². The quantitative estimate of drug-likeness (QED) is 0.901. The predicted octanol–water partition coefficient (Wildman–Crippen LogP) is 3.37. The van der Waals surface area contributed by atoms with E-state index in [4.69, 9.17) is 9.97 Å². The lowest BCUT2D eigenvalue weighted by atomic mass is 9.74. The van der Waals surface area contributed by atoms with Gasteiger partial charge in [0, 0.05) is 53.8 Å². The molecule has 6 rings (SSSR count). The van der Waals surface area contributed by atoms with Gasteiger partial charge >= 0.3 is 0 Å². The highest BCUT2D eigenvalue weighted by molar-refractivity contribution is 5.54. The number of hydrogen-bond acceptors (Lipinski definition) is 5. The van der Waals surface area contributed by atoms with Gasteiger partial charge in [-0.25, -0.2) is 9.97 Å². The first-order chi connectivity index (χ1) is 13.3. The van der Waals surface area contributed by atoms with E-state index in [9.17, 15) is 5.11 Å². The van der Waals surface area contributed by atoms with Gasteiger partial charge in [0.05, 0.1) is 6.61 Å². The van der Waals surface area contributed by atoms with Gasteiger partial charge in [0.2, 0.25) is 0 Å². The standard InChI is InChI=1S/C22H28N4O/c27-14-18-11-17-7-10-26(18)13-19(17)21-12-20(15-3-1-2-4-15)24-22(25-21)16-5-8-23-9-6-16/h5-6,8-9,12,15,17-19,27H,1-4,7,10-11,13-14H2/t17-,18+,19-/m0/s1. The molecule has 2 bridgehead atoms. The van der Waals surface area contributed by atoms with Crippen LogP contribution < -0.4 is 0 Å². The van der Waals surface area contributed by atoms with Crippen LogP contribution >= 0.6 is 0 Å². The minimum Gasteiger partial charge on any atom is -0.395 e. The lowest BCUT2D eigenvalue weighted by molar-refractivity contribution is 0.00184. The molecule has 142 valence electrons. The van der Waals surface area contributed by atoms with Crippen molar-refractivity contribution in [2.45, 2.75) is 56.4 Å². The fourth-order valence-corrected chi connectivity index (χ4v) is 5.40. The zero-order valence-corrected chi connectivity index (χ0v) is 15.8. The van der Waals surface area contributed by atoms with Crippen molar-refractivity contribution in [3.63, 3.8) is 0 Å². The Balaban J connectivity index is 1.52. The molecule has 0 aromatic carbocycles. The molecule has 4 atom stereocenters. The van der Waals surface area contributed by atoms with Crippen LogP contribution in [0.5, 0.6) is 0 Å². The number of pyridine rings is 1. The van der Waals surface area contributed by atoms with Gasteiger partial charge in [0.25, 0.3) is 0 Å². The van der Waals surface area contributed by atoms with Crippen LogP contribution in [-0.4, -0.2) is 50.7 Å². The van der Waals surface area contributed by atoms with Gasteiger partial charge in [-0.3, -0.25) is 9.88 Å². The first-order valence-corrected chi connectivity index (χ1v) is 10.5. The van der Waals surface area contributed by atoms with Crippen LogP contribution in [0, 0.1) is 5.92 Å². The molecule has 1 N–H and O–H groups in total. The largest absolute Gasteiger partial charge is 0.395 e. The molecule has 5 heteroatoms. The van der Waals surface area contributed by atoms with Crippen LogP contribution in [-0.2, 0) is 0 Å². The summed E-state index contributed by atoms with van der Waals surface area (Å²) in [4.78, 5) is 16.6. The Labute approximate surface area is 160 Å². The molecule has 0 amide bonds. The maximum absolute atomic E-state index is 9.68. The van der Waals surface area contributed by atoms with Crippen molar-refractivity contribution in [3.8, 4) is 11.4 Å². The van der Waals surface area contributed by atoms with Gasteiger partial charge in [0.1, 0.15) is 0 Å². The number of piperidine rings is 3. The monoisotopic (exact) mass is 364 g/mol. The zero-order chi connectivity index (χ0) is 18.2. The molecular weight excluding hydrogens is 336 g/mol. The van der Waals surface area contributed by atoms with E-state index in [1.165, 1.54) is 43.5 Å². The molecule has 3 saturated heterocycles. The Hall–Kier alpha value is -1.85. The smallest absolute Gasteiger partial charge is 0.159 e. The molecule has 3 aliphatic heterocycles. The van der Waals surface area contributed by atoms with Crippen molar-refractivity contribution in [1.29, 1.82) is 0 Å². The highest BCUT2D eigenvalue weighted by atomic mass is 16.3. The second kappa shape index (κ2) is 7.28. The summed E-state index contributed by atoms with van der Waals surface area (Å²) in [6.07, 6.45) is 11.1. The molecule has 27 heavy (non-hydrogen) atoms. The first kappa shape index (κ1) is 17.3. The molecule has 2 aromatic heterocycles. The summed E-state index contributed by atoms with van der Waals surface area (Å²) in [6, 6.07) is 6.67. The maximum atomic E-state index is 9.68. The average Bonchev–Trinajstić information content (AvgIpc) is 3.29. The SMILES string of the molecule is OC[C@H]1C[C@@H]2CCN1C[C@@H]2c1cc(C2CCCC2)nc(-c2ccncc2)n1. The van der Waals surface area contributed by atoms with E-state index in [1.807, 2.05) is 24.5 Å². The van der Waals surface area contributed by atoms with Gasteiger partial charge in [-0.1, -0.05) is 12.8 Å². The number of fused-ring (bicyclic) bond motifs is 3. The molecular formula is C22H28N4O. The number of rotatable bonds is 4. The summed E-state index contributed by atoms with van der Waals surface area (Å²) in [6.45, 7) is 2.42. The summed E-state index contributed by atoms with van der Waals surface area (Å²) >= 11 is 0. The number of aliphatic hydroxyl groups is 1. The Morgan fingerprint density at radius 2 is 1.81 bits per heavy atom. The summed E-state index contributed by atoms with van der Waals surface area (Å²) in [7, 11) is 0. The summed E-state index contributed by atoms with van der Waals surface area (Å²) < 4.78 is 0. The fraction of sp³-hybridized carbons (Fsp3) is 0.591. The zero-order valence-electron chi connectivity index (χ0n) is 15.8. The Morgan fingerprint density at radius 3 is 2.52 bits per heavy atom. The fourth-order valence-electron chi connectivity index (χ4n) is 5.40. The van der Waals surface area contributed by atoms with E-state index < -0.39 is 0 Å². The first-order valence-electron chi connectivity index (χ1n) is 10.5. The minimum absolute atomic E-state index is 0.280. The maximum Gasteiger partial charge on any atom is 0.159 e. The second-order valence-electron chi connectivity index (χ2n) is 8.48. The second-order valence-corrected chi connectivity index (χ2v) is 8.48. The van der Waals surface area contributed by atoms with Crippen LogP contribution in [0.15, 0.2) is 30.6 Å². The topological polar surface area (TPSA) is 62.1 Å². The number of aliphatic hydroxyl groups excluding tert-OH is 1. The highest BCUT2D eigenvalue weighted by Gasteiger charge is 2.41. The average molecular weight is 364 g/mol. The van der Waals surface area contributed by atoms with Crippen molar-refractivity contribution < 1.29 is 5.11 Å². The van der Waals surface area contributed by atoms with E-state index in [1.54, 1.807) is 0 Å². The van der Waals surface area contributed by atoms with E-state index in [0.29, 0.717) is 23.8 Å². The van der Waals surface area contributed by atoms with Crippen molar-refractivity contribution in [2.75, 3.05) is 19.7 Å². The molecule has 1 unspecified atom stereocenters. The van der Waals surface area contributed by atoms with E-state index >= 15 is 0 Å². The Bertz CT molecular complexity index is 790. The van der Waals surface area contributed by atoms with Gasteiger partial charge in [-0.2, -0.15) is 0 Å². The molecule has 5 heterocycles. The van der Waals surface area contributed by atoms with E-state index in [-0.39, 0.29) is 6.61 Å². The number of nitrogens with zero attached hydrogens (tertiary/aromatic N) is 4. The molecule has 2 aromatic rings. The van der Waals surface area contributed by atoms with Crippen LogP contribution in [0.25, 0.3) is 11.4 Å². The Morgan fingerprint density at radius 1 is 1.04 bits per heavy atom. The third kappa shape index (κ3) is 3.27. The van der Waals surface area contributed by atoms with Crippen molar-refractivity contribution in [2.24, 2.45) is 5.92 Å². The van der Waals surface area contributed by atoms with Gasteiger partial charge in [0.15, 0.2) is 5.82 Å². The van der Waals surface area contributed by atoms with Gasteiger partial charge in [-0.15, -0.1) is 0 Å². The third-order valence-corrected chi connectivity index (χ3v) is 6.95. The van der Waals surface area contributed by atoms with Crippen molar-refractivity contribution >= 4 is 0 Å². The van der Waals surface area contributed by atoms with Crippen molar-refractivity contribution in [1.82, 2.24) is 19.9 Å². The van der Waals surface area contributed by atoms with Crippen molar-refractivity contribution in [3.05, 3.63) is 42.0 Å². The number of hydrogen-bond donors (Lipinski definition) is 1. The molecule has 1 aliphatic carbocycles. The van der Waals surface area contributed by atoms with Gasteiger partial charge < -0.3 is 5.11 Å². The van der Waals surface area contributed by atoms with Crippen LogP contribution in [0.2, 0.25) is 0 Å². The van der Waals surface area contributed by atoms with Crippen LogP contribution in [0.1, 0.15) is 61.7 Å². The number of aromatic nitrogens is 3. The normalized spacial score (nSPS) is 30.7. The van der Waals surface area contributed by atoms with Crippen LogP contribution in [0.3, 0.4) is 0 Å².